The summed E-state index contributed by atoms with van der Waals surface area (Å²) >= 11 is 0. The Morgan fingerprint density at radius 2 is 2.04 bits per heavy atom. The molecular weight excluding hydrogens is 336 g/mol. The second-order valence-electron chi connectivity index (χ2n) is 5.03. The summed E-state index contributed by atoms with van der Waals surface area (Å²) in [6.07, 6.45) is 1.07. The number of hydrogen-bond acceptors (Lipinski definition) is 8. The highest BCUT2D eigenvalue weighted by molar-refractivity contribution is 5.92. The Bertz CT molecular complexity index is 1090. The topological polar surface area (TPSA) is 167 Å². The van der Waals surface area contributed by atoms with E-state index in [2.05, 4.69) is 20.4 Å². The molecule has 2 aromatic heterocycles. The van der Waals surface area contributed by atoms with E-state index in [9.17, 15) is 10.1 Å². The number of anilines is 3. The van der Waals surface area contributed by atoms with Gasteiger partial charge < -0.3 is 16.2 Å². The number of hydrogen-bond donors (Lipinski definition) is 3. The van der Waals surface area contributed by atoms with Crippen LogP contribution in [-0.4, -0.2) is 30.8 Å². The number of carbonyl (C=O) groups is 1. The molecule has 2 heterocycles. The van der Waals surface area contributed by atoms with Crippen molar-refractivity contribution < 1.29 is 9.90 Å². The first kappa shape index (κ1) is 16.4. The smallest absolute Gasteiger partial charge is 0.341 e. The van der Waals surface area contributed by atoms with Crippen molar-refractivity contribution in [3.8, 4) is 18.1 Å². The van der Waals surface area contributed by atoms with Gasteiger partial charge in [-0.3, -0.25) is 0 Å². The number of nitriles is 2. The van der Waals surface area contributed by atoms with Gasteiger partial charge in [0.15, 0.2) is 0 Å². The van der Waals surface area contributed by atoms with E-state index in [-0.39, 0.29) is 28.8 Å². The fraction of sp³-hybridized carbons (Fsp3) is 0. The third-order valence-corrected chi connectivity index (χ3v) is 3.32. The highest BCUT2D eigenvalue weighted by Crippen LogP contribution is 2.20. The monoisotopic (exact) mass is 346 g/mol. The first-order valence-electron chi connectivity index (χ1n) is 7.15. The number of aromatic carboxylic acids is 1. The first-order chi connectivity index (χ1) is 12.5. The Morgan fingerprint density at radius 1 is 1.23 bits per heavy atom. The van der Waals surface area contributed by atoms with E-state index in [1.807, 2.05) is 12.1 Å². The predicted molar refractivity (Wildman–Crippen MR) is 89.7 cm³/mol. The number of aromatic nitrogens is 4. The molecule has 0 spiro atoms. The van der Waals surface area contributed by atoms with Gasteiger partial charge in [-0.15, -0.1) is 0 Å². The van der Waals surface area contributed by atoms with Crippen molar-refractivity contribution in [1.82, 2.24) is 19.7 Å². The number of carboxylic acid groups (broad SMARTS) is 1. The Kier molecular flexibility index (Phi) is 4.16. The molecule has 0 radical (unpaired) electrons. The predicted octanol–water partition coefficient (Wildman–Crippen LogP) is 1.43. The number of nitrogens with one attached hydrogen (secondary N) is 1. The lowest BCUT2D eigenvalue weighted by molar-refractivity contribution is 0.0698. The summed E-state index contributed by atoms with van der Waals surface area (Å²) in [5, 5.41) is 34.0. The molecule has 0 atom stereocenters. The van der Waals surface area contributed by atoms with Crippen molar-refractivity contribution in [3.63, 3.8) is 0 Å². The van der Waals surface area contributed by atoms with Crippen LogP contribution in [0.3, 0.4) is 0 Å². The zero-order chi connectivity index (χ0) is 18.7. The SMILES string of the molecule is N#Cc1cccc(Nc2cc(C#N)nc(-n3ncc(C(=O)O)c3N)n2)c1. The molecule has 0 amide bonds. The highest BCUT2D eigenvalue weighted by atomic mass is 16.4. The van der Waals surface area contributed by atoms with Crippen molar-refractivity contribution in [2.45, 2.75) is 0 Å². The minimum absolute atomic E-state index is 0.0284. The van der Waals surface area contributed by atoms with E-state index >= 15 is 0 Å². The molecule has 0 unspecified atom stereocenters. The standard InChI is InChI=1S/C16H10N8O2/c17-6-9-2-1-3-10(4-9)21-13-5-11(7-18)22-16(23-13)24-14(19)12(8-20-24)15(25)26/h1-5,8H,19H2,(H,25,26)(H,21,22,23). The van der Waals surface area contributed by atoms with Gasteiger partial charge in [-0.2, -0.15) is 30.3 Å². The molecular formula is C16H10N8O2. The molecule has 0 aliphatic rings. The second kappa shape index (κ2) is 6.59. The van der Waals surface area contributed by atoms with E-state index in [1.54, 1.807) is 24.3 Å². The van der Waals surface area contributed by atoms with E-state index in [1.165, 1.54) is 6.07 Å². The quantitative estimate of drug-likeness (QED) is 0.633. The van der Waals surface area contributed by atoms with Crippen LogP contribution in [0.1, 0.15) is 21.6 Å². The van der Waals surface area contributed by atoms with Gasteiger partial charge in [0, 0.05) is 11.8 Å². The molecule has 3 rings (SSSR count). The number of nitrogen functional groups attached to an aromatic ring is 1. The lowest BCUT2D eigenvalue weighted by Gasteiger charge is -2.09. The first-order valence-corrected chi connectivity index (χ1v) is 7.15. The number of benzene rings is 1. The van der Waals surface area contributed by atoms with Crippen molar-refractivity contribution in [1.29, 1.82) is 10.5 Å². The van der Waals surface area contributed by atoms with Gasteiger partial charge in [0.05, 0.1) is 17.8 Å². The van der Waals surface area contributed by atoms with E-state index < -0.39 is 5.97 Å². The zero-order valence-corrected chi connectivity index (χ0v) is 13.1. The zero-order valence-electron chi connectivity index (χ0n) is 13.1. The maximum absolute atomic E-state index is 11.1. The molecule has 0 bridgehead atoms. The molecule has 3 aromatic rings. The van der Waals surface area contributed by atoms with E-state index in [4.69, 9.17) is 16.1 Å². The third kappa shape index (κ3) is 3.11. The molecule has 1 aromatic carbocycles. The summed E-state index contributed by atoms with van der Waals surface area (Å²) in [4.78, 5) is 19.3. The molecule has 0 aliphatic carbocycles. The lowest BCUT2D eigenvalue weighted by atomic mass is 10.2. The molecule has 4 N–H and O–H groups in total. The summed E-state index contributed by atoms with van der Waals surface area (Å²) in [6.45, 7) is 0. The van der Waals surface area contributed by atoms with Crippen LogP contribution in [-0.2, 0) is 0 Å². The normalized spacial score (nSPS) is 9.92. The Labute approximate surface area is 146 Å². The molecule has 126 valence electrons. The van der Waals surface area contributed by atoms with Crippen molar-refractivity contribution in [3.05, 3.63) is 53.3 Å². The summed E-state index contributed by atoms with van der Waals surface area (Å²) in [5.74, 6) is -1.21. The average Bonchev–Trinajstić information content (AvgIpc) is 3.03. The van der Waals surface area contributed by atoms with Crippen LogP contribution in [0.5, 0.6) is 0 Å². The van der Waals surface area contributed by atoms with Crippen LogP contribution < -0.4 is 11.1 Å². The van der Waals surface area contributed by atoms with Crippen molar-refractivity contribution >= 4 is 23.3 Å². The fourth-order valence-corrected chi connectivity index (χ4v) is 2.15. The molecule has 0 saturated heterocycles. The van der Waals surface area contributed by atoms with Crippen LogP contribution in [0.4, 0.5) is 17.3 Å². The van der Waals surface area contributed by atoms with Gasteiger partial charge >= 0.3 is 5.97 Å². The Balaban J connectivity index is 2.04. The maximum atomic E-state index is 11.1. The summed E-state index contributed by atoms with van der Waals surface area (Å²) in [7, 11) is 0. The molecule has 26 heavy (non-hydrogen) atoms. The maximum Gasteiger partial charge on any atom is 0.341 e. The van der Waals surface area contributed by atoms with Gasteiger partial charge in [0.2, 0.25) is 0 Å². The van der Waals surface area contributed by atoms with Crippen LogP contribution in [0.25, 0.3) is 5.95 Å². The minimum atomic E-state index is -1.24. The second-order valence-corrected chi connectivity index (χ2v) is 5.03. The third-order valence-electron chi connectivity index (χ3n) is 3.32. The van der Waals surface area contributed by atoms with E-state index in [0.29, 0.717) is 11.3 Å². The minimum Gasteiger partial charge on any atom is -0.477 e. The molecule has 10 heteroatoms. The van der Waals surface area contributed by atoms with Crippen LogP contribution >= 0.6 is 0 Å². The van der Waals surface area contributed by atoms with Crippen LogP contribution in [0.15, 0.2) is 36.5 Å². The average molecular weight is 346 g/mol. The Hall–Kier alpha value is -4.44. The van der Waals surface area contributed by atoms with Crippen molar-refractivity contribution in [2.75, 3.05) is 11.1 Å². The Morgan fingerprint density at radius 3 is 2.69 bits per heavy atom. The van der Waals surface area contributed by atoms with Gasteiger partial charge in [-0.1, -0.05) is 6.07 Å². The number of carboxylic acids is 1. The van der Waals surface area contributed by atoms with Gasteiger partial charge in [0.25, 0.3) is 5.95 Å². The lowest BCUT2D eigenvalue weighted by Crippen LogP contribution is -2.10. The summed E-state index contributed by atoms with van der Waals surface area (Å²) in [5.41, 5.74) is 6.63. The van der Waals surface area contributed by atoms with Gasteiger partial charge in [-0.25, -0.2) is 4.79 Å². The van der Waals surface area contributed by atoms with E-state index in [0.717, 1.165) is 10.9 Å². The summed E-state index contributed by atoms with van der Waals surface area (Å²) < 4.78 is 1.03. The van der Waals surface area contributed by atoms with Crippen LogP contribution in [0.2, 0.25) is 0 Å². The molecule has 0 saturated carbocycles. The van der Waals surface area contributed by atoms with Crippen molar-refractivity contribution in [2.24, 2.45) is 0 Å². The highest BCUT2D eigenvalue weighted by Gasteiger charge is 2.17. The largest absolute Gasteiger partial charge is 0.477 e. The number of rotatable bonds is 4. The number of nitrogens with two attached hydrogens (primary N) is 1. The fourth-order valence-electron chi connectivity index (χ4n) is 2.15. The molecule has 0 aliphatic heterocycles. The van der Waals surface area contributed by atoms with Crippen LogP contribution in [0, 0.1) is 22.7 Å². The molecule has 0 fully saturated rings. The summed E-state index contributed by atoms with van der Waals surface area (Å²) in [6, 6.07) is 12.0. The number of nitrogens with zero attached hydrogens (tertiary/aromatic N) is 6. The van der Waals surface area contributed by atoms with Gasteiger partial charge in [-0.05, 0) is 18.2 Å². The van der Waals surface area contributed by atoms with Gasteiger partial charge in [0.1, 0.15) is 29.0 Å². The molecule has 10 nitrogen and oxygen atoms in total.